The molecular weight excluding hydrogens is 268 g/mol. The van der Waals surface area contributed by atoms with Crippen molar-refractivity contribution >= 4 is 17.2 Å². The number of fused-ring (bicyclic) bond motifs is 2. The van der Waals surface area contributed by atoms with E-state index in [-0.39, 0.29) is 0 Å². The van der Waals surface area contributed by atoms with E-state index >= 15 is 0 Å². The van der Waals surface area contributed by atoms with Gasteiger partial charge in [0.15, 0.2) is 0 Å². The first kappa shape index (κ1) is 14.1. The van der Waals surface area contributed by atoms with Crippen LogP contribution in [0.1, 0.15) is 38.7 Å². The quantitative estimate of drug-likeness (QED) is 0.855. The van der Waals surface area contributed by atoms with Gasteiger partial charge in [-0.3, -0.25) is 9.69 Å². The zero-order chi connectivity index (χ0) is 14.1. The molecule has 0 saturated carbocycles. The molecular formula is C16H24N2OS. The van der Waals surface area contributed by atoms with Gasteiger partial charge in [0.2, 0.25) is 5.91 Å². The van der Waals surface area contributed by atoms with Crippen molar-refractivity contribution in [3.05, 3.63) is 22.4 Å². The third-order valence-corrected chi connectivity index (χ3v) is 5.46. The predicted octanol–water partition coefficient (Wildman–Crippen LogP) is 2.76. The zero-order valence-corrected chi connectivity index (χ0v) is 13.2. The van der Waals surface area contributed by atoms with E-state index in [4.69, 9.17) is 0 Å². The number of hydrogen-bond donors (Lipinski definition) is 0. The van der Waals surface area contributed by atoms with Gasteiger partial charge < -0.3 is 4.90 Å². The van der Waals surface area contributed by atoms with Crippen LogP contribution in [-0.4, -0.2) is 46.9 Å². The molecule has 2 fully saturated rings. The number of nitrogens with zero attached hydrogens (tertiary/aromatic N) is 2. The van der Waals surface area contributed by atoms with Crippen LogP contribution >= 0.6 is 11.3 Å². The monoisotopic (exact) mass is 292 g/mol. The maximum absolute atomic E-state index is 12.5. The summed E-state index contributed by atoms with van der Waals surface area (Å²) in [4.78, 5) is 17.2. The van der Waals surface area contributed by atoms with Crippen molar-refractivity contribution in [3.8, 4) is 0 Å². The Kier molecular flexibility index (Phi) is 4.13. The average molecular weight is 292 g/mol. The van der Waals surface area contributed by atoms with Crippen LogP contribution in [-0.2, 0) is 11.2 Å². The zero-order valence-electron chi connectivity index (χ0n) is 12.4. The molecule has 3 nitrogen and oxygen atoms in total. The van der Waals surface area contributed by atoms with Gasteiger partial charge in [0, 0.05) is 31.2 Å². The number of rotatable bonds is 3. The van der Waals surface area contributed by atoms with E-state index in [2.05, 4.69) is 35.1 Å². The van der Waals surface area contributed by atoms with Crippen molar-refractivity contribution < 1.29 is 4.79 Å². The number of likely N-dealkylation sites (tertiary alicyclic amines) is 1. The summed E-state index contributed by atoms with van der Waals surface area (Å²) in [6.45, 7) is 6.44. The first-order chi connectivity index (χ1) is 9.65. The fraction of sp³-hybridized carbons (Fsp3) is 0.688. The molecule has 2 bridgehead atoms. The van der Waals surface area contributed by atoms with Gasteiger partial charge in [-0.2, -0.15) is 11.3 Å². The molecule has 20 heavy (non-hydrogen) atoms. The molecule has 0 aliphatic carbocycles. The fourth-order valence-electron chi connectivity index (χ4n) is 3.86. The molecule has 1 aromatic heterocycles. The molecule has 0 spiro atoms. The van der Waals surface area contributed by atoms with Gasteiger partial charge in [-0.25, -0.2) is 0 Å². The maximum Gasteiger partial charge on any atom is 0.227 e. The minimum atomic E-state index is 0.305. The van der Waals surface area contributed by atoms with Crippen molar-refractivity contribution in [2.45, 2.75) is 57.7 Å². The van der Waals surface area contributed by atoms with Gasteiger partial charge in [0.25, 0.3) is 0 Å². The number of amides is 1. The number of carbonyl (C=O) groups excluding carboxylic acids is 1. The van der Waals surface area contributed by atoms with Crippen LogP contribution in [0, 0.1) is 0 Å². The summed E-state index contributed by atoms with van der Waals surface area (Å²) in [6.07, 6.45) is 4.28. The molecule has 110 valence electrons. The first-order valence-electron chi connectivity index (χ1n) is 7.71. The predicted molar refractivity (Wildman–Crippen MR) is 83.0 cm³/mol. The molecule has 0 radical (unpaired) electrons. The van der Waals surface area contributed by atoms with Crippen LogP contribution in [0.2, 0.25) is 0 Å². The maximum atomic E-state index is 12.5. The summed E-state index contributed by atoms with van der Waals surface area (Å²) < 4.78 is 0. The highest BCUT2D eigenvalue weighted by molar-refractivity contribution is 7.07. The van der Waals surface area contributed by atoms with Crippen molar-refractivity contribution in [1.82, 2.24) is 9.80 Å². The van der Waals surface area contributed by atoms with Crippen molar-refractivity contribution in [2.75, 3.05) is 13.1 Å². The Labute approximate surface area is 125 Å². The molecule has 4 heteroatoms. The van der Waals surface area contributed by atoms with Crippen LogP contribution in [0.15, 0.2) is 16.8 Å². The fourth-order valence-corrected chi connectivity index (χ4v) is 4.53. The lowest BCUT2D eigenvalue weighted by Crippen LogP contribution is -2.44. The lowest BCUT2D eigenvalue weighted by Gasteiger charge is -2.32. The number of thiophene rings is 1. The van der Waals surface area contributed by atoms with E-state index in [9.17, 15) is 4.79 Å². The Morgan fingerprint density at radius 1 is 1.35 bits per heavy atom. The minimum Gasteiger partial charge on any atom is -0.341 e. The summed E-state index contributed by atoms with van der Waals surface area (Å²) in [7, 11) is 0. The molecule has 2 atom stereocenters. The van der Waals surface area contributed by atoms with Crippen molar-refractivity contribution in [2.24, 2.45) is 0 Å². The number of carbonyl (C=O) groups is 1. The summed E-state index contributed by atoms with van der Waals surface area (Å²) in [5.74, 6) is 0.305. The second-order valence-electron chi connectivity index (χ2n) is 6.36. The average Bonchev–Trinajstić information content (AvgIpc) is 2.96. The Morgan fingerprint density at radius 3 is 2.85 bits per heavy atom. The molecule has 1 amide bonds. The Morgan fingerprint density at radius 2 is 2.15 bits per heavy atom. The Bertz CT molecular complexity index is 457. The van der Waals surface area contributed by atoms with Crippen LogP contribution in [0.25, 0.3) is 0 Å². The SMILES string of the molecule is CC(C)N1[C@H]2CC[C@H]1CN(C(=O)Cc1ccsc1)CC2. The highest BCUT2D eigenvalue weighted by atomic mass is 32.1. The summed E-state index contributed by atoms with van der Waals surface area (Å²) >= 11 is 1.67. The summed E-state index contributed by atoms with van der Waals surface area (Å²) in [6, 6.07) is 3.93. The van der Waals surface area contributed by atoms with Crippen molar-refractivity contribution in [1.29, 1.82) is 0 Å². The second-order valence-corrected chi connectivity index (χ2v) is 7.14. The highest BCUT2D eigenvalue weighted by Crippen LogP contribution is 2.32. The molecule has 3 heterocycles. The topological polar surface area (TPSA) is 23.6 Å². The standard InChI is InChI=1S/C16H24N2OS/c1-12(2)18-14-3-4-15(18)10-17(7-5-14)16(19)9-13-6-8-20-11-13/h6,8,11-12,14-15H,3-5,7,9-10H2,1-2H3/t14-,15-/m0/s1. The molecule has 0 aromatic carbocycles. The van der Waals surface area contributed by atoms with Crippen LogP contribution < -0.4 is 0 Å². The van der Waals surface area contributed by atoms with Gasteiger partial charge in [-0.15, -0.1) is 0 Å². The molecule has 1 aromatic rings. The molecule has 2 aliphatic heterocycles. The normalized spacial score (nSPS) is 27.1. The Hall–Kier alpha value is -0.870. The van der Waals surface area contributed by atoms with Crippen molar-refractivity contribution in [3.63, 3.8) is 0 Å². The lowest BCUT2D eigenvalue weighted by atomic mass is 10.1. The summed E-state index contributed by atoms with van der Waals surface area (Å²) in [5.41, 5.74) is 1.16. The van der Waals surface area contributed by atoms with E-state index in [0.717, 1.165) is 25.1 Å². The third kappa shape index (κ3) is 2.77. The second kappa shape index (κ2) is 5.86. The van der Waals surface area contributed by atoms with Gasteiger partial charge in [0.1, 0.15) is 0 Å². The van der Waals surface area contributed by atoms with Crippen LogP contribution in [0.3, 0.4) is 0 Å². The Balaban J connectivity index is 1.66. The van der Waals surface area contributed by atoms with Gasteiger partial charge in [-0.05, 0) is 55.5 Å². The van der Waals surface area contributed by atoms with E-state index in [1.165, 1.54) is 12.8 Å². The molecule has 0 N–H and O–H groups in total. The summed E-state index contributed by atoms with van der Waals surface area (Å²) in [5, 5.41) is 4.13. The molecule has 0 unspecified atom stereocenters. The third-order valence-electron chi connectivity index (χ3n) is 4.72. The van der Waals surface area contributed by atoms with E-state index in [1.54, 1.807) is 11.3 Å². The smallest absolute Gasteiger partial charge is 0.227 e. The molecule has 2 aliphatic rings. The minimum absolute atomic E-state index is 0.305. The van der Waals surface area contributed by atoms with Gasteiger partial charge in [-0.1, -0.05) is 0 Å². The molecule has 2 saturated heterocycles. The largest absolute Gasteiger partial charge is 0.341 e. The van der Waals surface area contributed by atoms with Gasteiger partial charge >= 0.3 is 0 Å². The van der Waals surface area contributed by atoms with Gasteiger partial charge in [0.05, 0.1) is 6.42 Å². The number of hydrogen-bond acceptors (Lipinski definition) is 3. The lowest BCUT2D eigenvalue weighted by molar-refractivity contribution is -0.130. The molecule has 3 rings (SSSR count). The van der Waals surface area contributed by atoms with E-state index in [1.807, 2.05) is 5.38 Å². The van der Waals surface area contributed by atoms with E-state index in [0.29, 0.717) is 30.5 Å². The van der Waals surface area contributed by atoms with Crippen LogP contribution in [0.5, 0.6) is 0 Å². The first-order valence-corrected chi connectivity index (χ1v) is 8.65. The van der Waals surface area contributed by atoms with Crippen LogP contribution in [0.4, 0.5) is 0 Å². The van der Waals surface area contributed by atoms with E-state index < -0.39 is 0 Å². The highest BCUT2D eigenvalue weighted by Gasteiger charge is 2.39.